The quantitative estimate of drug-likeness (QED) is 0.314. The second kappa shape index (κ2) is 12.2. The van der Waals surface area contributed by atoms with E-state index in [1.165, 1.54) is 11.1 Å². The van der Waals surface area contributed by atoms with E-state index >= 15 is 0 Å². The summed E-state index contributed by atoms with van der Waals surface area (Å²) in [4.78, 5) is 30.2. The van der Waals surface area contributed by atoms with Crippen molar-refractivity contribution in [3.8, 4) is 0 Å². The number of aromatic amines is 1. The molecule has 3 aromatic carbocycles. The molecule has 0 atom stereocenters. The first kappa shape index (κ1) is 25.2. The molecule has 3 N–H and O–H groups in total. The molecule has 0 spiro atoms. The van der Waals surface area contributed by atoms with E-state index in [1.54, 1.807) is 24.3 Å². The van der Waals surface area contributed by atoms with Gasteiger partial charge in [-0.05, 0) is 33.7 Å². The summed E-state index contributed by atoms with van der Waals surface area (Å²) in [5.74, 6) is -0.471. The van der Waals surface area contributed by atoms with Crippen LogP contribution in [-0.2, 0) is 4.79 Å². The molecule has 1 aromatic heterocycles. The van der Waals surface area contributed by atoms with E-state index in [0.717, 1.165) is 26.2 Å². The third-order valence-corrected chi connectivity index (χ3v) is 6.68. The highest BCUT2D eigenvalue weighted by Gasteiger charge is 2.26. The summed E-state index contributed by atoms with van der Waals surface area (Å²) in [5.41, 5.74) is 3.39. The van der Waals surface area contributed by atoms with Crippen LogP contribution < -0.4 is 10.6 Å². The average molecular weight is 511 g/mol. The Balaban J connectivity index is 1.13. The summed E-state index contributed by atoms with van der Waals surface area (Å²) < 4.78 is 0. The van der Waals surface area contributed by atoms with Gasteiger partial charge >= 0.3 is 0 Å². The van der Waals surface area contributed by atoms with Crippen LogP contribution in [0.3, 0.4) is 0 Å². The van der Waals surface area contributed by atoms with Crippen LogP contribution >= 0.6 is 0 Å². The summed E-state index contributed by atoms with van der Waals surface area (Å²) >= 11 is 0. The molecule has 0 bridgehead atoms. The van der Waals surface area contributed by atoms with Gasteiger partial charge in [-0.25, -0.2) is 5.10 Å². The summed E-state index contributed by atoms with van der Waals surface area (Å²) in [6, 6.07) is 28.2. The van der Waals surface area contributed by atoms with E-state index in [0.29, 0.717) is 23.7 Å². The maximum absolute atomic E-state index is 12.8. The number of nitrogens with one attached hydrogen (secondary N) is 3. The summed E-state index contributed by atoms with van der Waals surface area (Å²) in [7, 11) is 0. The number of benzene rings is 3. The van der Waals surface area contributed by atoms with Crippen molar-refractivity contribution in [1.29, 1.82) is 0 Å². The molecule has 0 saturated carbocycles. The third-order valence-electron chi connectivity index (χ3n) is 6.68. The van der Waals surface area contributed by atoms with Crippen molar-refractivity contribution < 1.29 is 9.59 Å². The second-order valence-corrected chi connectivity index (χ2v) is 9.15. The number of imide groups is 1. The van der Waals surface area contributed by atoms with Gasteiger partial charge in [0.1, 0.15) is 0 Å². The molecule has 1 aliphatic heterocycles. The standard InChI is InChI=1S/C28H30N8O2/c37-25(30-27(38)23-13-7-8-14-24(23)29-28-31-33-34-32-28)15-16-35-17-19-36(20-18-35)26(21-9-3-1-4-10-21)22-11-5-2-6-12-22/h1-14,26H,15-20H2,(H,30,37,38)(H2,29,31,32,33,34). The lowest BCUT2D eigenvalue weighted by Crippen LogP contribution is -2.48. The van der Waals surface area contributed by atoms with Crippen molar-refractivity contribution in [3.05, 3.63) is 102 Å². The molecule has 5 rings (SSSR count). The molecule has 1 saturated heterocycles. The number of nitrogens with zero attached hydrogens (tertiary/aromatic N) is 5. The molecule has 10 heteroatoms. The fourth-order valence-electron chi connectivity index (χ4n) is 4.78. The fraction of sp³-hybridized carbons (Fsp3) is 0.250. The summed E-state index contributed by atoms with van der Waals surface area (Å²) in [5, 5.41) is 18.8. The smallest absolute Gasteiger partial charge is 0.259 e. The molecule has 1 aliphatic rings. The lowest BCUT2D eigenvalue weighted by atomic mass is 9.96. The van der Waals surface area contributed by atoms with Crippen molar-refractivity contribution in [3.63, 3.8) is 0 Å². The van der Waals surface area contributed by atoms with Crippen molar-refractivity contribution in [2.75, 3.05) is 38.0 Å². The van der Waals surface area contributed by atoms with Crippen LogP contribution in [-0.4, -0.2) is 75.0 Å². The van der Waals surface area contributed by atoms with Crippen molar-refractivity contribution in [2.45, 2.75) is 12.5 Å². The number of anilines is 2. The Hall–Kier alpha value is -4.41. The van der Waals surface area contributed by atoms with Crippen molar-refractivity contribution in [1.82, 2.24) is 35.7 Å². The number of carbonyl (C=O) groups is 2. The maximum Gasteiger partial charge on any atom is 0.259 e. The van der Waals surface area contributed by atoms with Gasteiger partial charge in [-0.1, -0.05) is 77.9 Å². The summed E-state index contributed by atoms with van der Waals surface area (Å²) in [6.07, 6.45) is 0.244. The highest BCUT2D eigenvalue weighted by molar-refractivity contribution is 6.08. The zero-order valence-corrected chi connectivity index (χ0v) is 21.0. The number of carbonyl (C=O) groups excluding carboxylic acids is 2. The second-order valence-electron chi connectivity index (χ2n) is 9.15. The predicted molar refractivity (Wildman–Crippen MR) is 144 cm³/mol. The summed E-state index contributed by atoms with van der Waals surface area (Å²) in [6.45, 7) is 4.09. The number of hydrogen-bond donors (Lipinski definition) is 3. The Bertz CT molecular complexity index is 1280. The first-order valence-electron chi connectivity index (χ1n) is 12.7. The number of tetrazole rings is 1. The Labute approximate surface area is 221 Å². The van der Waals surface area contributed by atoms with Gasteiger partial charge in [0.05, 0.1) is 17.3 Å². The molecule has 0 aliphatic carbocycles. The van der Waals surface area contributed by atoms with E-state index in [4.69, 9.17) is 0 Å². The van der Waals surface area contributed by atoms with Gasteiger partial charge in [0, 0.05) is 39.1 Å². The van der Waals surface area contributed by atoms with E-state index < -0.39 is 5.91 Å². The van der Waals surface area contributed by atoms with E-state index in [2.05, 4.69) is 89.6 Å². The topological polar surface area (TPSA) is 119 Å². The lowest BCUT2D eigenvalue weighted by molar-refractivity contribution is -0.120. The van der Waals surface area contributed by atoms with Crippen molar-refractivity contribution in [2.24, 2.45) is 0 Å². The van der Waals surface area contributed by atoms with Gasteiger partial charge in [-0.2, -0.15) is 0 Å². The average Bonchev–Trinajstić information content (AvgIpc) is 3.47. The molecule has 0 unspecified atom stereocenters. The van der Waals surface area contributed by atoms with Crippen LogP contribution in [0.5, 0.6) is 0 Å². The minimum atomic E-state index is -0.469. The van der Waals surface area contributed by atoms with Gasteiger partial charge < -0.3 is 10.2 Å². The Morgan fingerprint density at radius 2 is 1.47 bits per heavy atom. The number of aromatic nitrogens is 4. The van der Waals surface area contributed by atoms with Gasteiger partial charge in [0.15, 0.2) is 0 Å². The van der Waals surface area contributed by atoms with Gasteiger partial charge in [-0.3, -0.25) is 19.8 Å². The zero-order valence-electron chi connectivity index (χ0n) is 21.0. The number of piperazine rings is 1. The zero-order chi connectivity index (χ0) is 26.2. The van der Waals surface area contributed by atoms with Crippen LogP contribution in [0, 0.1) is 0 Å². The van der Waals surface area contributed by atoms with Gasteiger partial charge in [0.25, 0.3) is 5.91 Å². The highest BCUT2D eigenvalue weighted by atomic mass is 16.2. The van der Waals surface area contributed by atoms with Gasteiger partial charge in [0.2, 0.25) is 11.9 Å². The maximum atomic E-state index is 12.8. The van der Waals surface area contributed by atoms with Crippen LogP contribution in [0.2, 0.25) is 0 Å². The first-order valence-corrected chi connectivity index (χ1v) is 12.7. The minimum Gasteiger partial charge on any atom is -0.322 e. The number of H-pyrrole nitrogens is 1. The highest BCUT2D eigenvalue weighted by Crippen LogP contribution is 2.29. The van der Waals surface area contributed by atoms with E-state index in [9.17, 15) is 9.59 Å². The Kier molecular flexibility index (Phi) is 8.12. The molecule has 10 nitrogen and oxygen atoms in total. The molecular weight excluding hydrogens is 480 g/mol. The van der Waals surface area contributed by atoms with Crippen LogP contribution in [0.15, 0.2) is 84.9 Å². The Morgan fingerprint density at radius 3 is 2.11 bits per heavy atom. The molecular formula is C28H30N8O2. The normalized spacial score (nSPS) is 14.3. The monoisotopic (exact) mass is 510 g/mol. The van der Waals surface area contributed by atoms with E-state index in [1.807, 2.05) is 12.1 Å². The van der Waals surface area contributed by atoms with Crippen LogP contribution in [0.25, 0.3) is 0 Å². The molecule has 194 valence electrons. The number of rotatable bonds is 9. The predicted octanol–water partition coefficient (Wildman–Crippen LogP) is 3.00. The van der Waals surface area contributed by atoms with Crippen molar-refractivity contribution >= 4 is 23.5 Å². The molecule has 2 amide bonds. The van der Waals surface area contributed by atoms with Crippen LogP contribution in [0.1, 0.15) is 33.9 Å². The number of para-hydroxylation sites is 1. The molecule has 2 heterocycles. The first-order chi connectivity index (χ1) is 18.7. The minimum absolute atomic E-state index is 0.196. The number of amides is 2. The molecule has 1 fully saturated rings. The number of hydrogen-bond acceptors (Lipinski definition) is 8. The fourth-order valence-corrected chi connectivity index (χ4v) is 4.78. The Morgan fingerprint density at radius 1 is 0.842 bits per heavy atom. The van der Waals surface area contributed by atoms with E-state index in [-0.39, 0.29) is 18.4 Å². The SMILES string of the molecule is O=C(CCN1CCN(C(c2ccccc2)c2ccccc2)CC1)NC(=O)c1ccccc1Nc1nnn[nH]1. The molecule has 38 heavy (non-hydrogen) atoms. The molecule has 0 radical (unpaired) electrons. The van der Waals surface area contributed by atoms with Gasteiger partial charge in [-0.15, -0.1) is 0 Å². The molecule has 4 aromatic rings. The largest absolute Gasteiger partial charge is 0.322 e. The third kappa shape index (κ3) is 6.28. The van der Waals surface area contributed by atoms with Crippen LogP contribution in [0.4, 0.5) is 11.6 Å². The lowest BCUT2D eigenvalue weighted by Gasteiger charge is -2.39.